The van der Waals surface area contributed by atoms with Crippen molar-refractivity contribution in [3.63, 3.8) is 0 Å². The molecule has 1 fully saturated rings. The summed E-state index contributed by atoms with van der Waals surface area (Å²) in [4.78, 5) is 4.41. The van der Waals surface area contributed by atoms with Crippen LogP contribution in [0.4, 0.5) is 0 Å². The van der Waals surface area contributed by atoms with E-state index in [9.17, 15) is 5.11 Å². The topological polar surface area (TPSA) is 70.0 Å². The van der Waals surface area contributed by atoms with Gasteiger partial charge in [-0.25, -0.2) is 0 Å². The molecule has 0 saturated carbocycles. The van der Waals surface area contributed by atoms with Crippen LogP contribution in [0.3, 0.4) is 0 Å². The second kappa shape index (κ2) is 11.1. The molecule has 37 heavy (non-hydrogen) atoms. The number of pyridine rings is 1. The Hall–Kier alpha value is -3.71. The maximum atomic E-state index is 10.9. The van der Waals surface area contributed by atoms with Gasteiger partial charge in [0.15, 0.2) is 0 Å². The monoisotopic (exact) mass is 497 g/mol. The molecular weight excluding hydrogens is 466 g/mol. The predicted molar refractivity (Wildman–Crippen MR) is 141 cm³/mol. The SMILES string of the molecule is COc1ccc(C(OC[C@H]2O[C@@H](c3ccccn3)C[C@@H]2O)(c2ccccc2)c2ccc(OC)cc2)cc1. The van der Waals surface area contributed by atoms with Crippen molar-refractivity contribution < 1.29 is 24.1 Å². The minimum atomic E-state index is -0.966. The molecule has 6 nitrogen and oxygen atoms in total. The third-order valence-corrected chi connectivity index (χ3v) is 6.88. The molecule has 4 aromatic rings. The van der Waals surface area contributed by atoms with Crippen molar-refractivity contribution in [3.05, 3.63) is 126 Å². The number of benzene rings is 3. The van der Waals surface area contributed by atoms with Gasteiger partial charge in [0.25, 0.3) is 0 Å². The molecule has 1 aromatic heterocycles. The zero-order valence-corrected chi connectivity index (χ0v) is 21.0. The summed E-state index contributed by atoms with van der Waals surface area (Å²) in [5.41, 5.74) is 2.66. The van der Waals surface area contributed by atoms with E-state index in [0.717, 1.165) is 33.9 Å². The van der Waals surface area contributed by atoms with E-state index in [1.54, 1.807) is 20.4 Å². The maximum Gasteiger partial charge on any atom is 0.143 e. The molecule has 0 aliphatic carbocycles. The second-order valence-electron chi connectivity index (χ2n) is 9.04. The van der Waals surface area contributed by atoms with Crippen LogP contribution in [-0.2, 0) is 15.1 Å². The van der Waals surface area contributed by atoms with Crippen LogP contribution < -0.4 is 9.47 Å². The summed E-state index contributed by atoms with van der Waals surface area (Å²) in [6, 6.07) is 31.6. The first kappa shape index (κ1) is 25.0. The highest BCUT2D eigenvalue weighted by atomic mass is 16.6. The fourth-order valence-electron chi connectivity index (χ4n) is 4.92. The van der Waals surface area contributed by atoms with Crippen LogP contribution in [0.15, 0.2) is 103 Å². The summed E-state index contributed by atoms with van der Waals surface area (Å²) < 4.78 is 24.0. The molecular formula is C31H31NO5. The summed E-state index contributed by atoms with van der Waals surface area (Å²) in [6.45, 7) is 0.178. The second-order valence-corrected chi connectivity index (χ2v) is 9.04. The number of aliphatic hydroxyl groups is 1. The predicted octanol–water partition coefficient (Wildman–Crippen LogP) is 5.30. The highest BCUT2D eigenvalue weighted by Gasteiger charge is 2.42. The number of aliphatic hydroxyl groups excluding tert-OH is 1. The normalized spacial score (nSPS) is 19.5. The fourth-order valence-corrected chi connectivity index (χ4v) is 4.92. The van der Waals surface area contributed by atoms with Crippen molar-refractivity contribution in [1.29, 1.82) is 0 Å². The van der Waals surface area contributed by atoms with Gasteiger partial charge in [0.1, 0.15) is 29.3 Å². The lowest BCUT2D eigenvalue weighted by molar-refractivity contribution is -0.0832. The Morgan fingerprint density at radius 2 is 1.35 bits per heavy atom. The van der Waals surface area contributed by atoms with E-state index in [4.69, 9.17) is 18.9 Å². The van der Waals surface area contributed by atoms with Gasteiger partial charge in [-0.3, -0.25) is 4.98 Å². The zero-order valence-electron chi connectivity index (χ0n) is 21.0. The summed E-state index contributed by atoms with van der Waals surface area (Å²) in [7, 11) is 3.30. The summed E-state index contributed by atoms with van der Waals surface area (Å²) in [5, 5.41) is 10.9. The first-order valence-electron chi connectivity index (χ1n) is 12.4. The van der Waals surface area contributed by atoms with Crippen molar-refractivity contribution in [1.82, 2.24) is 4.98 Å². The third kappa shape index (κ3) is 5.09. The standard InChI is InChI=1S/C31H31NO5/c1-34-25-15-11-23(12-16-25)31(22-8-4-3-5-9-22,24-13-17-26(35-2)18-14-24)36-21-30-28(33)20-29(37-30)27-10-6-7-19-32-27/h3-19,28-30,33H,20-21H2,1-2H3/t28-,29+,30+/m0/s1. The molecule has 0 radical (unpaired) electrons. The smallest absolute Gasteiger partial charge is 0.143 e. The van der Waals surface area contributed by atoms with Crippen molar-refractivity contribution in [2.75, 3.05) is 20.8 Å². The Morgan fingerprint density at radius 1 is 0.784 bits per heavy atom. The van der Waals surface area contributed by atoms with E-state index in [0.29, 0.717) is 6.42 Å². The molecule has 0 bridgehead atoms. The lowest BCUT2D eigenvalue weighted by Gasteiger charge is -2.37. The molecule has 0 amide bonds. The largest absolute Gasteiger partial charge is 0.497 e. The number of methoxy groups -OCH3 is 2. The molecule has 0 spiro atoms. The first-order chi connectivity index (χ1) is 18.1. The Labute approximate surface area is 217 Å². The molecule has 1 N–H and O–H groups in total. The van der Waals surface area contributed by atoms with Gasteiger partial charge in [-0.1, -0.05) is 60.7 Å². The van der Waals surface area contributed by atoms with Crippen LogP contribution in [0.25, 0.3) is 0 Å². The average Bonchev–Trinajstić information content (AvgIpc) is 3.35. The Bertz CT molecular complexity index is 1220. The van der Waals surface area contributed by atoms with Gasteiger partial charge in [-0.2, -0.15) is 0 Å². The molecule has 3 aromatic carbocycles. The van der Waals surface area contributed by atoms with E-state index in [1.807, 2.05) is 84.9 Å². The number of aromatic nitrogens is 1. The van der Waals surface area contributed by atoms with Crippen LogP contribution in [0.5, 0.6) is 11.5 Å². The molecule has 6 heteroatoms. The highest BCUT2D eigenvalue weighted by molar-refractivity contribution is 5.49. The zero-order chi connectivity index (χ0) is 25.7. The third-order valence-electron chi connectivity index (χ3n) is 6.88. The Morgan fingerprint density at radius 3 is 1.89 bits per heavy atom. The first-order valence-corrected chi connectivity index (χ1v) is 12.4. The Kier molecular flexibility index (Phi) is 7.51. The van der Waals surface area contributed by atoms with Gasteiger partial charge in [0.05, 0.1) is 32.6 Å². The number of hydrogen-bond acceptors (Lipinski definition) is 6. The summed E-state index contributed by atoms with van der Waals surface area (Å²) in [5.74, 6) is 1.52. The van der Waals surface area contributed by atoms with E-state index in [1.165, 1.54) is 0 Å². The molecule has 2 heterocycles. The number of rotatable bonds is 9. The van der Waals surface area contributed by atoms with Crippen molar-refractivity contribution in [3.8, 4) is 11.5 Å². The molecule has 1 saturated heterocycles. The molecule has 3 atom stereocenters. The van der Waals surface area contributed by atoms with Gasteiger partial charge >= 0.3 is 0 Å². The van der Waals surface area contributed by atoms with Crippen LogP contribution in [0, 0.1) is 0 Å². The number of hydrogen-bond donors (Lipinski definition) is 1. The van der Waals surface area contributed by atoms with Gasteiger partial charge in [0, 0.05) is 12.6 Å². The van der Waals surface area contributed by atoms with Crippen LogP contribution >= 0.6 is 0 Å². The number of ether oxygens (including phenoxy) is 4. The van der Waals surface area contributed by atoms with Crippen LogP contribution in [0.1, 0.15) is 34.9 Å². The van der Waals surface area contributed by atoms with Gasteiger partial charge in [-0.15, -0.1) is 0 Å². The van der Waals surface area contributed by atoms with Crippen molar-refractivity contribution in [2.45, 2.75) is 30.3 Å². The van der Waals surface area contributed by atoms with Crippen LogP contribution in [-0.4, -0.2) is 43.1 Å². The fraction of sp³-hybridized carbons (Fsp3) is 0.258. The van der Waals surface area contributed by atoms with Gasteiger partial charge in [0.2, 0.25) is 0 Å². The molecule has 5 rings (SSSR count). The van der Waals surface area contributed by atoms with Gasteiger partial charge in [-0.05, 0) is 53.1 Å². The van der Waals surface area contributed by atoms with Gasteiger partial charge < -0.3 is 24.1 Å². The quantitative estimate of drug-likeness (QED) is 0.317. The average molecular weight is 498 g/mol. The van der Waals surface area contributed by atoms with Crippen LogP contribution in [0.2, 0.25) is 0 Å². The number of nitrogens with zero attached hydrogens (tertiary/aromatic N) is 1. The maximum absolute atomic E-state index is 10.9. The highest BCUT2D eigenvalue weighted by Crippen LogP contribution is 2.43. The minimum absolute atomic E-state index is 0.178. The van der Waals surface area contributed by atoms with Crippen molar-refractivity contribution in [2.24, 2.45) is 0 Å². The minimum Gasteiger partial charge on any atom is -0.497 e. The van der Waals surface area contributed by atoms with E-state index in [-0.39, 0.29) is 12.7 Å². The molecule has 1 aliphatic rings. The summed E-state index contributed by atoms with van der Waals surface area (Å²) >= 11 is 0. The van der Waals surface area contributed by atoms with E-state index >= 15 is 0 Å². The van der Waals surface area contributed by atoms with E-state index < -0.39 is 17.8 Å². The lowest BCUT2D eigenvalue weighted by atomic mass is 9.80. The Balaban J connectivity index is 1.54. The van der Waals surface area contributed by atoms with E-state index in [2.05, 4.69) is 17.1 Å². The summed E-state index contributed by atoms with van der Waals surface area (Å²) in [6.07, 6.45) is 0.744. The molecule has 0 unspecified atom stereocenters. The lowest BCUT2D eigenvalue weighted by Crippen LogP contribution is -2.38. The molecule has 1 aliphatic heterocycles. The van der Waals surface area contributed by atoms with Crippen molar-refractivity contribution >= 4 is 0 Å². The molecule has 190 valence electrons.